The summed E-state index contributed by atoms with van der Waals surface area (Å²) in [7, 11) is 1.61. The van der Waals surface area contributed by atoms with Gasteiger partial charge in [0.2, 0.25) is 5.91 Å². The third kappa shape index (κ3) is 5.20. The largest absolute Gasteiger partial charge is 0.497 e. The van der Waals surface area contributed by atoms with E-state index in [9.17, 15) is 14.4 Å². The molecule has 2 aliphatic rings. The van der Waals surface area contributed by atoms with Gasteiger partial charge in [-0.1, -0.05) is 72.5 Å². The Kier molecular flexibility index (Phi) is 7.54. The summed E-state index contributed by atoms with van der Waals surface area (Å²) in [6, 6.07) is 20.7. The highest BCUT2D eigenvalue weighted by atomic mass is 32.2. The van der Waals surface area contributed by atoms with Crippen LogP contribution in [0, 0.1) is 13.8 Å². The van der Waals surface area contributed by atoms with Crippen LogP contribution in [0.3, 0.4) is 0 Å². The van der Waals surface area contributed by atoms with E-state index in [-0.39, 0.29) is 29.8 Å². The zero-order valence-corrected chi connectivity index (χ0v) is 23.4. The van der Waals surface area contributed by atoms with Crippen LogP contribution in [0.25, 0.3) is 5.57 Å². The normalized spacial score (nSPS) is 16.6. The first-order valence-corrected chi connectivity index (χ1v) is 13.7. The summed E-state index contributed by atoms with van der Waals surface area (Å²) < 4.78 is 5.62. The van der Waals surface area contributed by atoms with Gasteiger partial charge in [-0.25, -0.2) is 0 Å². The first-order chi connectivity index (χ1) is 18.8. The molecule has 0 unspecified atom stereocenters. The van der Waals surface area contributed by atoms with Gasteiger partial charge in [-0.15, -0.1) is 0 Å². The van der Waals surface area contributed by atoms with Gasteiger partial charge < -0.3 is 10.1 Å². The Balaban J connectivity index is 1.38. The maximum Gasteiger partial charge on any atom is 0.267 e. The molecular weight excluding hydrogens is 530 g/mol. The second-order valence-electron chi connectivity index (χ2n) is 9.35. The second-order valence-corrected chi connectivity index (χ2v) is 11.0. The molecule has 7 nitrogen and oxygen atoms in total. The first kappa shape index (κ1) is 26.6. The molecule has 0 aromatic heterocycles. The Hall–Kier alpha value is -3.95. The summed E-state index contributed by atoms with van der Waals surface area (Å²) in [5.74, 6) is -0.231. The molecule has 5 rings (SSSR count). The van der Waals surface area contributed by atoms with Crippen molar-refractivity contribution in [2.24, 2.45) is 0 Å². The number of benzene rings is 3. The van der Waals surface area contributed by atoms with Crippen molar-refractivity contribution < 1.29 is 19.1 Å². The highest BCUT2D eigenvalue weighted by Gasteiger charge is 2.42. The van der Waals surface area contributed by atoms with Crippen molar-refractivity contribution in [3.63, 3.8) is 0 Å². The van der Waals surface area contributed by atoms with E-state index in [1.165, 1.54) is 4.90 Å². The smallest absolute Gasteiger partial charge is 0.267 e. The van der Waals surface area contributed by atoms with Crippen molar-refractivity contribution in [2.75, 3.05) is 30.4 Å². The third-order valence-electron chi connectivity index (χ3n) is 6.83. The summed E-state index contributed by atoms with van der Waals surface area (Å²) in [5.41, 5.74) is 5.16. The number of fused-ring (bicyclic) bond motifs is 1. The van der Waals surface area contributed by atoms with Gasteiger partial charge in [0, 0.05) is 17.8 Å². The van der Waals surface area contributed by atoms with Crippen LogP contribution in [0.2, 0.25) is 0 Å². The Morgan fingerprint density at radius 1 is 0.923 bits per heavy atom. The summed E-state index contributed by atoms with van der Waals surface area (Å²) in [6.07, 6.45) is 0.605. The summed E-state index contributed by atoms with van der Waals surface area (Å²) in [4.78, 5) is 43.6. The molecule has 0 aliphatic carbocycles. The monoisotopic (exact) mass is 557 g/mol. The van der Waals surface area contributed by atoms with E-state index in [0.717, 1.165) is 39.9 Å². The predicted molar refractivity (Wildman–Crippen MR) is 159 cm³/mol. The quantitative estimate of drug-likeness (QED) is 0.321. The van der Waals surface area contributed by atoms with Crippen molar-refractivity contribution in [2.45, 2.75) is 20.3 Å². The molecule has 39 heavy (non-hydrogen) atoms. The molecular formula is C30H27N3O4S2. The number of carbonyl (C=O) groups is 3. The molecule has 0 spiro atoms. The van der Waals surface area contributed by atoms with Gasteiger partial charge in [0.1, 0.15) is 16.6 Å². The van der Waals surface area contributed by atoms with E-state index in [0.29, 0.717) is 33.4 Å². The van der Waals surface area contributed by atoms with Gasteiger partial charge in [0.25, 0.3) is 11.8 Å². The minimum absolute atomic E-state index is 0.176. The van der Waals surface area contributed by atoms with E-state index < -0.39 is 0 Å². The van der Waals surface area contributed by atoms with Crippen LogP contribution < -0.4 is 15.0 Å². The van der Waals surface area contributed by atoms with Gasteiger partial charge >= 0.3 is 0 Å². The number of para-hydroxylation sites is 2. The molecule has 0 radical (unpaired) electrons. The number of aryl methyl sites for hydroxylation is 2. The molecule has 3 aromatic carbocycles. The molecule has 0 bridgehead atoms. The van der Waals surface area contributed by atoms with E-state index in [4.69, 9.17) is 17.0 Å². The van der Waals surface area contributed by atoms with Crippen LogP contribution in [0.5, 0.6) is 5.75 Å². The number of ether oxygens (including phenoxy) is 1. The molecule has 198 valence electrons. The molecule has 2 aliphatic heterocycles. The van der Waals surface area contributed by atoms with E-state index in [1.807, 2.05) is 68.4 Å². The van der Waals surface area contributed by atoms with E-state index >= 15 is 0 Å². The van der Waals surface area contributed by atoms with Gasteiger partial charge in [-0.2, -0.15) is 0 Å². The number of hydrogen-bond donors (Lipinski definition) is 1. The lowest BCUT2D eigenvalue weighted by Gasteiger charge is -2.18. The van der Waals surface area contributed by atoms with Crippen molar-refractivity contribution >= 4 is 63.0 Å². The topological polar surface area (TPSA) is 79.0 Å². The first-order valence-electron chi connectivity index (χ1n) is 12.5. The predicted octanol–water partition coefficient (Wildman–Crippen LogP) is 5.11. The van der Waals surface area contributed by atoms with Crippen LogP contribution in [-0.4, -0.2) is 47.1 Å². The van der Waals surface area contributed by atoms with Crippen molar-refractivity contribution in [3.05, 3.63) is 93.9 Å². The van der Waals surface area contributed by atoms with Crippen LogP contribution in [0.15, 0.2) is 71.6 Å². The Labute approximate surface area is 236 Å². The molecule has 3 aromatic rings. The van der Waals surface area contributed by atoms with Gasteiger partial charge in [0.05, 0.1) is 23.3 Å². The second kappa shape index (κ2) is 11.0. The zero-order chi connectivity index (χ0) is 27.7. The standard InChI is InChI=1S/C30H27N3O4S2/c1-18-7-6-8-19(2)26(18)31-24(34)17-33-23-10-5-4-9-22(23)25(28(33)35)27-29(36)32(30(38)39-27)16-15-20-11-13-21(37-3)14-12-20/h4-14H,15-17H2,1-3H3,(H,31,34). The Morgan fingerprint density at radius 2 is 1.62 bits per heavy atom. The Morgan fingerprint density at radius 3 is 2.31 bits per heavy atom. The molecule has 0 saturated carbocycles. The summed E-state index contributed by atoms with van der Waals surface area (Å²) >= 11 is 6.68. The van der Waals surface area contributed by atoms with Gasteiger partial charge in [-0.05, 0) is 55.2 Å². The number of amides is 3. The number of rotatable bonds is 7. The van der Waals surface area contributed by atoms with Gasteiger partial charge in [-0.3, -0.25) is 24.2 Å². The Bertz CT molecular complexity index is 1510. The lowest BCUT2D eigenvalue weighted by Crippen LogP contribution is -2.36. The lowest BCUT2D eigenvalue weighted by atomic mass is 10.1. The average molecular weight is 558 g/mol. The number of anilines is 2. The third-order valence-corrected chi connectivity index (χ3v) is 8.28. The minimum Gasteiger partial charge on any atom is -0.497 e. The highest BCUT2D eigenvalue weighted by molar-refractivity contribution is 8.26. The van der Waals surface area contributed by atoms with Crippen LogP contribution in [-0.2, 0) is 20.8 Å². The van der Waals surface area contributed by atoms with E-state index in [2.05, 4.69) is 5.32 Å². The molecule has 3 amide bonds. The molecule has 0 atom stereocenters. The van der Waals surface area contributed by atoms with Crippen molar-refractivity contribution in [1.29, 1.82) is 0 Å². The molecule has 2 heterocycles. The SMILES string of the molecule is COc1ccc(CCN2C(=O)C(=C3C(=O)N(CC(=O)Nc4c(C)cccc4C)c4ccccc43)SC2=S)cc1. The van der Waals surface area contributed by atoms with Gasteiger partial charge in [0.15, 0.2) is 0 Å². The fourth-order valence-corrected chi connectivity index (χ4v) is 6.15. The van der Waals surface area contributed by atoms with Crippen molar-refractivity contribution in [1.82, 2.24) is 4.90 Å². The fraction of sp³-hybridized carbons (Fsp3) is 0.200. The lowest BCUT2D eigenvalue weighted by molar-refractivity contribution is -0.122. The number of carbonyl (C=O) groups excluding carboxylic acids is 3. The number of nitrogens with zero attached hydrogens (tertiary/aromatic N) is 2. The zero-order valence-electron chi connectivity index (χ0n) is 21.8. The molecule has 1 saturated heterocycles. The number of thioether (sulfide) groups is 1. The number of hydrogen-bond acceptors (Lipinski definition) is 6. The minimum atomic E-state index is -0.386. The van der Waals surface area contributed by atoms with Crippen LogP contribution in [0.1, 0.15) is 22.3 Å². The maximum absolute atomic E-state index is 13.7. The van der Waals surface area contributed by atoms with Crippen LogP contribution >= 0.6 is 24.0 Å². The highest BCUT2D eigenvalue weighted by Crippen LogP contribution is 2.44. The summed E-state index contributed by atoms with van der Waals surface area (Å²) in [6.45, 7) is 4.07. The van der Waals surface area contributed by atoms with Crippen LogP contribution in [0.4, 0.5) is 11.4 Å². The molecule has 1 fully saturated rings. The number of nitrogens with one attached hydrogen (secondary N) is 1. The number of thiocarbonyl (C=S) groups is 1. The van der Waals surface area contributed by atoms with E-state index in [1.54, 1.807) is 24.1 Å². The molecule has 1 N–H and O–H groups in total. The average Bonchev–Trinajstić information content (AvgIpc) is 3.36. The summed E-state index contributed by atoms with van der Waals surface area (Å²) in [5, 5.41) is 2.95. The number of methoxy groups -OCH3 is 1. The van der Waals surface area contributed by atoms with Crippen molar-refractivity contribution in [3.8, 4) is 5.75 Å². The fourth-order valence-electron chi connectivity index (χ4n) is 4.77. The molecule has 9 heteroatoms. The maximum atomic E-state index is 13.7.